The number of nitrogens with one attached hydrogen (secondary N) is 1. The summed E-state index contributed by atoms with van der Waals surface area (Å²) in [5.41, 5.74) is 0.252. The molecule has 4 nitrogen and oxygen atoms in total. The van der Waals surface area contributed by atoms with Crippen molar-refractivity contribution in [2.45, 2.75) is 32.6 Å². The van der Waals surface area contributed by atoms with Crippen LogP contribution in [0.25, 0.3) is 10.2 Å². The molecule has 2 N–H and O–H groups in total. The highest BCUT2D eigenvalue weighted by atomic mass is 35.5. The summed E-state index contributed by atoms with van der Waals surface area (Å²) in [7, 11) is 0. The van der Waals surface area contributed by atoms with Crippen LogP contribution < -0.4 is 5.32 Å². The standard InChI is InChI=1S/C14H18ClN3OS/c1-2-9-7-10-11(17-13(15)18-12(10)20-9)16-8-14(3-4-14)5-6-19/h7,19H,2-6,8H2,1H3,(H,16,17,18). The van der Waals surface area contributed by atoms with Crippen molar-refractivity contribution in [3.05, 3.63) is 16.2 Å². The molecule has 6 heteroatoms. The number of aryl methyl sites for hydroxylation is 1. The minimum Gasteiger partial charge on any atom is -0.396 e. The van der Waals surface area contributed by atoms with Crippen molar-refractivity contribution in [1.29, 1.82) is 0 Å². The summed E-state index contributed by atoms with van der Waals surface area (Å²) in [5.74, 6) is 0.820. The van der Waals surface area contributed by atoms with Crippen molar-refractivity contribution < 1.29 is 5.11 Å². The van der Waals surface area contributed by atoms with E-state index < -0.39 is 0 Å². The molecule has 0 spiro atoms. The molecular formula is C14H18ClN3OS. The molecule has 0 unspecified atom stereocenters. The summed E-state index contributed by atoms with van der Waals surface area (Å²) in [5, 5.41) is 13.9. The Labute approximate surface area is 127 Å². The number of halogens is 1. The van der Waals surface area contributed by atoms with Crippen LogP contribution in [0.2, 0.25) is 5.28 Å². The summed E-state index contributed by atoms with van der Waals surface area (Å²) in [6.45, 7) is 3.22. The van der Waals surface area contributed by atoms with E-state index in [1.54, 1.807) is 11.3 Å². The van der Waals surface area contributed by atoms with E-state index in [2.05, 4.69) is 28.3 Å². The molecular weight excluding hydrogens is 294 g/mol. The fourth-order valence-corrected chi connectivity index (χ4v) is 3.64. The maximum Gasteiger partial charge on any atom is 0.225 e. The van der Waals surface area contributed by atoms with Crippen LogP contribution in [0.5, 0.6) is 0 Å². The monoisotopic (exact) mass is 311 g/mol. The molecule has 0 aliphatic heterocycles. The number of hydrogen-bond donors (Lipinski definition) is 2. The molecule has 1 aliphatic carbocycles. The molecule has 3 rings (SSSR count). The van der Waals surface area contributed by atoms with Crippen molar-refractivity contribution in [1.82, 2.24) is 9.97 Å². The highest BCUT2D eigenvalue weighted by Crippen LogP contribution is 2.48. The van der Waals surface area contributed by atoms with Gasteiger partial charge in [0.15, 0.2) is 0 Å². The summed E-state index contributed by atoms with van der Waals surface area (Å²) in [6.07, 6.45) is 4.19. The van der Waals surface area contributed by atoms with Gasteiger partial charge < -0.3 is 10.4 Å². The van der Waals surface area contributed by atoms with Gasteiger partial charge in [-0.05, 0) is 48.8 Å². The lowest BCUT2D eigenvalue weighted by Gasteiger charge is -2.15. The largest absolute Gasteiger partial charge is 0.396 e. The molecule has 2 heterocycles. The Kier molecular flexibility index (Phi) is 3.84. The van der Waals surface area contributed by atoms with E-state index in [4.69, 9.17) is 16.7 Å². The van der Waals surface area contributed by atoms with E-state index in [9.17, 15) is 0 Å². The second kappa shape index (κ2) is 5.47. The number of aromatic nitrogens is 2. The van der Waals surface area contributed by atoms with Crippen LogP contribution in [0.15, 0.2) is 6.07 Å². The number of aliphatic hydroxyl groups excluding tert-OH is 1. The number of nitrogens with zero attached hydrogens (tertiary/aromatic N) is 2. The minimum absolute atomic E-state index is 0.250. The van der Waals surface area contributed by atoms with Crippen LogP contribution in [0.4, 0.5) is 5.82 Å². The van der Waals surface area contributed by atoms with Gasteiger partial charge in [0, 0.05) is 18.0 Å². The summed E-state index contributed by atoms with van der Waals surface area (Å²) in [4.78, 5) is 10.9. The summed E-state index contributed by atoms with van der Waals surface area (Å²) >= 11 is 7.68. The lowest BCUT2D eigenvalue weighted by molar-refractivity contribution is 0.253. The fraction of sp³-hybridized carbons (Fsp3) is 0.571. The third-order valence-corrected chi connectivity index (χ3v) is 5.34. The Hall–Kier alpha value is -0.910. The summed E-state index contributed by atoms with van der Waals surface area (Å²) < 4.78 is 0. The van der Waals surface area contributed by atoms with Gasteiger partial charge in [0.2, 0.25) is 5.28 Å². The number of fused-ring (bicyclic) bond motifs is 1. The number of thiophene rings is 1. The van der Waals surface area contributed by atoms with E-state index in [0.717, 1.165) is 35.4 Å². The molecule has 0 saturated heterocycles. The minimum atomic E-state index is 0.250. The maximum absolute atomic E-state index is 9.12. The van der Waals surface area contributed by atoms with Gasteiger partial charge in [0.1, 0.15) is 10.6 Å². The predicted molar refractivity (Wildman–Crippen MR) is 83.7 cm³/mol. The zero-order valence-electron chi connectivity index (χ0n) is 11.4. The molecule has 0 atom stereocenters. The lowest BCUT2D eigenvalue weighted by atomic mass is 10.0. The quantitative estimate of drug-likeness (QED) is 0.802. The van der Waals surface area contributed by atoms with Gasteiger partial charge in [0.25, 0.3) is 0 Å². The van der Waals surface area contributed by atoms with E-state index >= 15 is 0 Å². The third kappa shape index (κ3) is 2.75. The molecule has 0 radical (unpaired) electrons. The average molecular weight is 312 g/mol. The van der Waals surface area contributed by atoms with Crippen LogP contribution in [-0.4, -0.2) is 28.2 Å². The Bertz CT molecular complexity index is 624. The van der Waals surface area contributed by atoms with E-state index in [1.165, 1.54) is 17.7 Å². The number of anilines is 1. The first-order valence-electron chi connectivity index (χ1n) is 6.96. The predicted octanol–water partition coefficient (Wildman–Crippen LogP) is 3.48. The van der Waals surface area contributed by atoms with Crippen molar-refractivity contribution in [2.24, 2.45) is 5.41 Å². The Morgan fingerprint density at radius 3 is 2.90 bits per heavy atom. The van der Waals surface area contributed by atoms with Gasteiger partial charge >= 0.3 is 0 Å². The highest BCUT2D eigenvalue weighted by Gasteiger charge is 2.41. The molecule has 1 fully saturated rings. The van der Waals surface area contributed by atoms with Gasteiger partial charge in [-0.15, -0.1) is 11.3 Å². The van der Waals surface area contributed by atoms with Gasteiger partial charge in [-0.2, -0.15) is 0 Å². The Balaban J connectivity index is 1.85. The topological polar surface area (TPSA) is 58.0 Å². The van der Waals surface area contributed by atoms with Crippen molar-refractivity contribution >= 4 is 39.0 Å². The molecule has 2 aromatic heterocycles. The van der Waals surface area contributed by atoms with Gasteiger partial charge in [-0.25, -0.2) is 9.97 Å². The van der Waals surface area contributed by atoms with Crippen LogP contribution in [0, 0.1) is 5.41 Å². The number of hydrogen-bond acceptors (Lipinski definition) is 5. The lowest BCUT2D eigenvalue weighted by Crippen LogP contribution is -2.17. The normalized spacial score (nSPS) is 16.6. The molecule has 108 valence electrons. The van der Waals surface area contributed by atoms with Gasteiger partial charge in [0.05, 0.1) is 5.39 Å². The SMILES string of the molecule is CCc1cc2c(NCC3(CCO)CC3)nc(Cl)nc2s1. The van der Waals surface area contributed by atoms with Crippen LogP contribution >= 0.6 is 22.9 Å². The van der Waals surface area contributed by atoms with Crippen LogP contribution in [-0.2, 0) is 6.42 Å². The highest BCUT2D eigenvalue weighted by molar-refractivity contribution is 7.18. The van der Waals surface area contributed by atoms with E-state index in [0.29, 0.717) is 0 Å². The first-order valence-corrected chi connectivity index (χ1v) is 8.16. The van der Waals surface area contributed by atoms with Crippen molar-refractivity contribution in [3.8, 4) is 0 Å². The average Bonchev–Trinajstić information content (AvgIpc) is 3.06. The second-order valence-corrected chi connectivity index (χ2v) is 6.91. The zero-order chi connectivity index (χ0) is 14.2. The number of aliphatic hydroxyl groups is 1. The zero-order valence-corrected chi connectivity index (χ0v) is 13.0. The molecule has 0 aromatic carbocycles. The first kappa shape index (κ1) is 14.0. The second-order valence-electron chi connectivity index (χ2n) is 5.45. The molecule has 0 bridgehead atoms. The maximum atomic E-state index is 9.12. The first-order chi connectivity index (χ1) is 9.65. The van der Waals surface area contributed by atoms with Crippen LogP contribution in [0.3, 0.4) is 0 Å². The molecule has 2 aromatic rings. The van der Waals surface area contributed by atoms with E-state index in [-0.39, 0.29) is 17.3 Å². The number of rotatable bonds is 6. The Morgan fingerprint density at radius 2 is 2.25 bits per heavy atom. The molecule has 0 amide bonds. The third-order valence-electron chi connectivity index (χ3n) is 4.00. The fourth-order valence-electron chi connectivity index (χ4n) is 2.45. The van der Waals surface area contributed by atoms with E-state index in [1.807, 2.05) is 0 Å². The molecule has 1 saturated carbocycles. The summed E-state index contributed by atoms with van der Waals surface area (Å²) in [6, 6.07) is 2.14. The van der Waals surface area contributed by atoms with Crippen LogP contribution in [0.1, 0.15) is 31.1 Å². The van der Waals surface area contributed by atoms with Crippen molar-refractivity contribution in [3.63, 3.8) is 0 Å². The molecule has 1 aliphatic rings. The van der Waals surface area contributed by atoms with Gasteiger partial charge in [-0.3, -0.25) is 0 Å². The van der Waals surface area contributed by atoms with Gasteiger partial charge in [-0.1, -0.05) is 6.92 Å². The molecule has 20 heavy (non-hydrogen) atoms. The Morgan fingerprint density at radius 1 is 1.45 bits per heavy atom. The smallest absolute Gasteiger partial charge is 0.225 e. The van der Waals surface area contributed by atoms with Crippen molar-refractivity contribution in [2.75, 3.05) is 18.5 Å².